The van der Waals surface area contributed by atoms with Crippen LogP contribution in [0.4, 0.5) is 0 Å². The van der Waals surface area contributed by atoms with Gasteiger partial charge < -0.3 is 4.74 Å². The Morgan fingerprint density at radius 2 is 1.67 bits per heavy atom. The summed E-state index contributed by atoms with van der Waals surface area (Å²) in [4.78, 5) is 11.4. The molecule has 0 radical (unpaired) electrons. The summed E-state index contributed by atoms with van der Waals surface area (Å²) in [5.74, 6) is 1.98. The topological polar surface area (TPSA) is 26.3 Å². The van der Waals surface area contributed by atoms with Crippen LogP contribution in [0.2, 0.25) is 0 Å². The molecule has 0 spiro atoms. The molecule has 2 heteroatoms. The van der Waals surface area contributed by atoms with Gasteiger partial charge in [-0.15, -0.1) is 0 Å². The van der Waals surface area contributed by atoms with E-state index in [1.54, 1.807) is 0 Å². The van der Waals surface area contributed by atoms with Crippen molar-refractivity contribution in [3.05, 3.63) is 0 Å². The Morgan fingerprint density at radius 1 is 1.00 bits per heavy atom. The van der Waals surface area contributed by atoms with Gasteiger partial charge in [-0.1, -0.05) is 0 Å². The minimum absolute atomic E-state index is 0.102. The molecule has 0 N–H and O–H groups in total. The number of rotatable bonds is 0. The highest BCUT2D eigenvalue weighted by Crippen LogP contribution is 2.46. The van der Waals surface area contributed by atoms with E-state index in [-0.39, 0.29) is 18.0 Å². The number of fused-ring (bicyclic) bond motifs is 1. The second-order valence-electron chi connectivity index (χ2n) is 4.67. The second-order valence-corrected chi connectivity index (χ2v) is 4.67. The van der Waals surface area contributed by atoms with Gasteiger partial charge in [-0.25, -0.2) is 0 Å². The van der Waals surface area contributed by atoms with Gasteiger partial charge in [0.1, 0.15) is 6.10 Å². The molecule has 4 fully saturated rings. The second kappa shape index (κ2) is 2.24. The molecule has 4 rings (SSSR count). The molecule has 0 aromatic carbocycles. The number of carbonyl (C=O) groups excluding carboxylic acids is 1. The molecule has 2 heterocycles. The summed E-state index contributed by atoms with van der Waals surface area (Å²) in [5.41, 5.74) is 0. The van der Waals surface area contributed by atoms with Gasteiger partial charge in [0.05, 0.1) is 5.92 Å². The van der Waals surface area contributed by atoms with Crippen LogP contribution in [-0.4, -0.2) is 12.1 Å². The molecule has 0 aromatic heterocycles. The zero-order chi connectivity index (χ0) is 8.13. The fourth-order valence-corrected chi connectivity index (χ4v) is 3.34. The molecule has 0 amide bonds. The highest BCUT2D eigenvalue weighted by Gasteiger charge is 2.44. The zero-order valence-electron chi connectivity index (χ0n) is 7.16. The summed E-state index contributed by atoms with van der Waals surface area (Å²) < 4.78 is 5.40. The van der Waals surface area contributed by atoms with E-state index in [2.05, 4.69) is 0 Å². The maximum absolute atomic E-state index is 11.4. The molecular formula is C10H14O2. The summed E-state index contributed by atoms with van der Waals surface area (Å²) >= 11 is 0. The van der Waals surface area contributed by atoms with Gasteiger partial charge >= 0.3 is 5.97 Å². The van der Waals surface area contributed by atoms with Crippen molar-refractivity contribution >= 4 is 5.97 Å². The molecule has 2 aliphatic heterocycles. The Morgan fingerprint density at radius 3 is 2.33 bits per heavy atom. The van der Waals surface area contributed by atoms with Crippen LogP contribution in [-0.2, 0) is 9.53 Å². The van der Waals surface area contributed by atoms with Gasteiger partial charge in [0.2, 0.25) is 0 Å². The van der Waals surface area contributed by atoms with E-state index in [0.717, 1.165) is 37.5 Å². The smallest absolute Gasteiger partial charge is 0.309 e. The highest BCUT2D eigenvalue weighted by molar-refractivity contribution is 5.73. The van der Waals surface area contributed by atoms with E-state index < -0.39 is 0 Å². The molecule has 12 heavy (non-hydrogen) atoms. The minimum Gasteiger partial charge on any atom is -0.462 e. The largest absolute Gasteiger partial charge is 0.462 e. The van der Waals surface area contributed by atoms with Crippen molar-refractivity contribution in [2.24, 2.45) is 17.8 Å². The fraction of sp³-hybridized carbons (Fsp3) is 0.900. The van der Waals surface area contributed by atoms with E-state index in [1.165, 1.54) is 6.42 Å². The lowest BCUT2D eigenvalue weighted by atomic mass is 9.68. The lowest BCUT2D eigenvalue weighted by Crippen LogP contribution is -2.29. The van der Waals surface area contributed by atoms with Crippen molar-refractivity contribution < 1.29 is 9.53 Å². The number of esters is 1. The average molecular weight is 166 g/mol. The van der Waals surface area contributed by atoms with Gasteiger partial charge in [-0.05, 0) is 43.9 Å². The lowest BCUT2D eigenvalue weighted by Gasteiger charge is -2.35. The normalized spacial score (nSPS) is 50.5. The van der Waals surface area contributed by atoms with Crippen LogP contribution in [0, 0.1) is 17.8 Å². The van der Waals surface area contributed by atoms with Crippen molar-refractivity contribution in [1.82, 2.24) is 0 Å². The molecule has 4 bridgehead atoms. The quantitative estimate of drug-likeness (QED) is 0.512. The summed E-state index contributed by atoms with van der Waals surface area (Å²) in [7, 11) is 0. The standard InChI is InChI=1S/C10H14O2/c11-10-8-2-6-1-7(3-8)5-9(4-6)12-10/h6-9H,1-5H2. The first-order valence-corrected chi connectivity index (χ1v) is 5.02. The van der Waals surface area contributed by atoms with Gasteiger partial charge in [-0.2, -0.15) is 0 Å². The lowest BCUT2D eigenvalue weighted by molar-refractivity contribution is -0.151. The molecule has 66 valence electrons. The molecule has 0 aromatic rings. The van der Waals surface area contributed by atoms with Crippen LogP contribution < -0.4 is 0 Å². The van der Waals surface area contributed by atoms with Gasteiger partial charge in [0.15, 0.2) is 0 Å². The number of carbonyl (C=O) groups is 1. The van der Waals surface area contributed by atoms with E-state index in [9.17, 15) is 4.79 Å². The van der Waals surface area contributed by atoms with E-state index in [0.29, 0.717) is 0 Å². The third-order valence-electron chi connectivity index (χ3n) is 3.71. The Hall–Kier alpha value is -0.530. The van der Waals surface area contributed by atoms with Crippen molar-refractivity contribution in [3.63, 3.8) is 0 Å². The number of hydrogen-bond donors (Lipinski definition) is 0. The van der Waals surface area contributed by atoms with Crippen LogP contribution in [0.1, 0.15) is 32.1 Å². The SMILES string of the molecule is O=C1OC2CC3CC(C2)CC1C3. The molecule has 2 aliphatic carbocycles. The third kappa shape index (κ3) is 0.900. The van der Waals surface area contributed by atoms with E-state index in [1.807, 2.05) is 0 Å². The fourth-order valence-electron chi connectivity index (χ4n) is 3.34. The van der Waals surface area contributed by atoms with Crippen LogP contribution in [0.15, 0.2) is 0 Å². The first-order valence-electron chi connectivity index (χ1n) is 5.02. The Bertz CT molecular complexity index is 210. The van der Waals surface area contributed by atoms with Crippen molar-refractivity contribution in [2.45, 2.75) is 38.2 Å². The maximum Gasteiger partial charge on any atom is 0.309 e. The van der Waals surface area contributed by atoms with E-state index in [4.69, 9.17) is 4.74 Å². The van der Waals surface area contributed by atoms with Crippen LogP contribution in [0.25, 0.3) is 0 Å². The summed E-state index contributed by atoms with van der Waals surface area (Å²) in [5, 5.41) is 0. The van der Waals surface area contributed by atoms with Gasteiger partial charge in [0, 0.05) is 0 Å². The molecule has 2 saturated carbocycles. The number of ether oxygens (including phenoxy) is 1. The molecule has 2 unspecified atom stereocenters. The molecule has 2 nitrogen and oxygen atoms in total. The van der Waals surface area contributed by atoms with Crippen LogP contribution in [0.3, 0.4) is 0 Å². The van der Waals surface area contributed by atoms with Gasteiger partial charge in [0.25, 0.3) is 0 Å². The monoisotopic (exact) mass is 166 g/mol. The third-order valence-corrected chi connectivity index (χ3v) is 3.71. The molecule has 2 saturated heterocycles. The van der Waals surface area contributed by atoms with Crippen LogP contribution >= 0.6 is 0 Å². The first kappa shape index (κ1) is 6.93. The van der Waals surface area contributed by atoms with Gasteiger partial charge in [-0.3, -0.25) is 4.79 Å². The Kier molecular flexibility index (Phi) is 1.29. The molecule has 4 aliphatic rings. The average Bonchev–Trinajstić information content (AvgIpc) is 2.16. The first-order chi connectivity index (χ1) is 5.81. The highest BCUT2D eigenvalue weighted by atomic mass is 16.5. The Balaban J connectivity index is 1.95. The summed E-state index contributed by atoms with van der Waals surface area (Å²) in [6.07, 6.45) is 6.19. The van der Waals surface area contributed by atoms with Crippen LogP contribution in [0.5, 0.6) is 0 Å². The van der Waals surface area contributed by atoms with Crippen molar-refractivity contribution in [2.75, 3.05) is 0 Å². The minimum atomic E-state index is 0.102. The summed E-state index contributed by atoms with van der Waals surface area (Å²) in [6, 6.07) is 0. The van der Waals surface area contributed by atoms with E-state index >= 15 is 0 Å². The number of hydrogen-bond acceptors (Lipinski definition) is 2. The predicted octanol–water partition coefficient (Wildman–Crippen LogP) is 1.74. The molecular weight excluding hydrogens is 152 g/mol. The maximum atomic E-state index is 11.4. The summed E-state index contributed by atoms with van der Waals surface area (Å²) in [6.45, 7) is 0. The van der Waals surface area contributed by atoms with Crippen molar-refractivity contribution in [3.8, 4) is 0 Å². The Labute approximate surface area is 72.3 Å². The zero-order valence-corrected chi connectivity index (χ0v) is 7.16. The molecule has 2 atom stereocenters. The van der Waals surface area contributed by atoms with Crippen molar-refractivity contribution in [1.29, 1.82) is 0 Å². The predicted molar refractivity (Wildman–Crippen MR) is 43.4 cm³/mol.